The zero-order valence-corrected chi connectivity index (χ0v) is 17.1. The lowest BCUT2D eigenvalue weighted by Gasteiger charge is -2.18. The standard InChI is InChI=1S/C23H26N4O2/c1-17-15-21(22(28)24-14-13-18-9-11-20(29-3)12-10-18)26-23(25-17)27(2)16-19-7-5-4-6-8-19/h4-12,15H,13-14,16H2,1-3H3,(H,24,28). The largest absolute Gasteiger partial charge is 0.497 e. The van der Waals surface area contributed by atoms with Crippen molar-refractivity contribution in [3.8, 4) is 5.75 Å². The number of carbonyl (C=O) groups is 1. The average molecular weight is 390 g/mol. The Morgan fingerprint density at radius 2 is 1.76 bits per heavy atom. The highest BCUT2D eigenvalue weighted by Crippen LogP contribution is 2.13. The van der Waals surface area contributed by atoms with Crippen molar-refractivity contribution in [3.63, 3.8) is 0 Å². The molecule has 0 unspecified atom stereocenters. The van der Waals surface area contributed by atoms with E-state index in [0.717, 1.165) is 29.0 Å². The van der Waals surface area contributed by atoms with Gasteiger partial charge in [0.1, 0.15) is 11.4 Å². The molecule has 2 aromatic carbocycles. The van der Waals surface area contributed by atoms with Crippen molar-refractivity contribution in [1.82, 2.24) is 15.3 Å². The summed E-state index contributed by atoms with van der Waals surface area (Å²) in [5, 5.41) is 2.94. The smallest absolute Gasteiger partial charge is 0.270 e. The number of aromatic nitrogens is 2. The van der Waals surface area contributed by atoms with Crippen molar-refractivity contribution in [3.05, 3.63) is 83.2 Å². The fraction of sp³-hybridized carbons (Fsp3) is 0.261. The topological polar surface area (TPSA) is 67.3 Å². The van der Waals surface area contributed by atoms with Gasteiger partial charge in [0.05, 0.1) is 7.11 Å². The molecular weight excluding hydrogens is 364 g/mol. The summed E-state index contributed by atoms with van der Waals surface area (Å²) < 4.78 is 5.16. The number of aryl methyl sites for hydroxylation is 1. The van der Waals surface area contributed by atoms with E-state index in [-0.39, 0.29) is 5.91 Å². The normalized spacial score (nSPS) is 10.4. The van der Waals surface area contributed by atoms with Gasteiger partial charge in [0.2, 0.25) is 5.95 Å². The number of nitrogens with zero attached hydrogens (tertiary/aromatic N) is 3. The second kappa shape index (κ2) is 9.68. The Bertz CT molecular complexity index is 943. The number of anilines is 1. The van der Waals surface area contributed by atoms with Crippen LogP contribution in [0.5, 0.6) is 5.75 Å². The minimum Gasteiger partial charge on any atom is -0.497 e. The lowest BCUT2D eigenvalue weighted by molar-refractivity contribution is 0.0949. The second-order valence-corrected chi connectivity index (χ2v) is 6.89. The molecule has 0 fully saturated rings. The summed E-state index contributed by atoms with van der Waals surface area (Å²) in [4.78, 5) is 23.5. The molecule has 29 heavy (non-hydrogen) atoms. The quantitative estimate of drug-likeness (QED) is 0.638. The van der Waals surface area contributed by atoms with Gasteiger partial charge in [-0.15, -0.1) is 0 Å². The first kappa shape index (κ1) is 20.3. The molecule has 0 atom stereocenters. The average Bonchev–Trinajstić information content (AvgIpc) is 2.74. The van der Waals surface area contributed by atoms with Crippen molar-refractivity contribution < 1.29 is 9.53 Å². The third-order valence-electron chi connectivity index (χ3n) is 4.54. The zero-order valence-electron chi connectivity index (χ0n) is 17.1. The van der Waals surface area contributed by atoms with E-state index in [2.05, 4.69) is 27.4 Å². The number of benzene rings is 2. The fourth-order valence-electron chi connectivity index (χ4n) is 2.97. The Morgan fingerprint density at radius 3 is 2.45 bits per heavy atom. The molecule has 1 heterocycles. The van der Waals surface area contributed by atoms with Gasteiger partial charge >= 0.3 is 0 Å². The summed E-state index contributed by atoms with van der Waals surface area (Å²) in [5.74, 6) is 1.16. The lowest BCUT2D eigenvalue weighted by atomic mass is 10.1. The molecule has 0 saturated carbocycles. The van der Waals surface area contributed by atoms with Crippen molar-refractivity contribution in [1.29, 1.82) is 0 Å². The maximum Gasteiger partial charge on any atom is 0.270 e. The van der Waals surface area contributed by atoms with E-state index in [0.29, 0.717) is 24.7 Å². The van der Waals surface area contributed by atoms with Gasteiger partial charge in [-0.2, -0.15) is 0 Å². The Morgan fingerprint density at radius 1 is 1.03 bits per heavy atom. The number of rotatable bonds is 8. The van der Waals surface area contributed by atoms with Gasteiger partial charge in [-0.3, -0.25) is 4.79 Å². The summed E-state index contributed by atoms with van der Waals surface area (Å²) in [6.45, 7) is 3.07. The van der Waals surface area contributed by atoms with E-state index in [1.165, 1.54) is 0 Å². The molecule has 0 spiro atoms. The number of hydrogen-bond donors (Lipinski definition) is 1. The zero-order chi connectivity index (χ0) is 20.6. The molecule has 150 valence electrons. The third kappa shape index (κ3) is 5.78. The number of nitrogens with one attached hydrogen (secondary N) is 1. The maximum atomic E-state index is 12.6. The van der Waals surface area contributed by atoms with Gasteiger partial charge in [-0.05, 0) is 42.7 Å². The lowest BCUT2D eigenvalue weighted by Crippen LogP contribution is -2.28. The van der Waals surface area contributed by atoms with Crippen LogP contribution in [-0.4, -0.2) is 36.6 Å². The van der Waals surface area contributed by atoms with E-state index < -0.39 is 0 Å². The maximum absolute atomic E-state index is 12.6. The van der Waals surface area contributed by atoms with E-state index >= 15 is 0 Å². The van der Waals surface area contributed by atoms with Crippen molar-refractivity contribution in [2.45, 2.75) is 19.9 Å². The summed E-state index contributed by atoms with van der Waals surface area (Å²) >= 11 is 0. The summed E-state index contributed by atoms with van der Waals surface area (Å²) in [7, 11) is 3.57. The molecule has 6 nitrogen and oxygen atoms in total. The predicted octanol–water partition coefficient (Wildman–Crippen LogP) is 3.40. The van der Waals surface area contributed by atoms with Crippen molar-refractivity contribution >= 4 is 11.9 Å². The summed E-state index contributed by atoms with van der Waals surface area (Å²) in [5.41, 5.74) is 3.43. The van der Waals surface area contributed by atoms with Crippen LogP contribution in [0.1, 0.15) is 27.3 Å². The van der Waals surface area contributed by atoms with Crippen LogP contribution < -0.4 is 15.0 Å². The third-order valence-corrected chi connectivity index (χ3v) is 4.54. The number of ether oxygens (including phenoxy) is 1. The van der Waals surface area contributed by atoms with E-state index in [4.69, 9.17) is 4.74 Å². The van der Waals surface area contributed by atoms with Crippen LogP contribution in [0.25, 0.3) is 0 Å². The van der Waals surface area contributed by atoms with Crippen molar-refractivity contribution in [2.75, 3.05) is 25.6 Å². The molecule has 0 aliphatic rings. The number of hydrogen-bond acceptors (Lipinski definition) is 5. The predicted molar refractivity (Wildman–Crippen MR) is 114 cm³/mol. The van der Waals surface area contributed by atoms with Gasteiger partial charge in [0.25, 0.3) is 5.91 Å². The Kier molecular flexibility index (Phi) is 6.79. The van der Waals surface area contributed by atoms with Crippen LogP contribution in [0.2, 0.25) is 0 Å². The number of methoxy groups -OCH3 is 1. The van der Waals surface area contributed by atoms with Gasteiger partial charge in [-0.25, -0.2) is 9.97 Å². The molecule has 3 rings (SSSR count). The molecule has 0 aliphatic heterocycles. The Labute approximate surface area is 171 Å². The minimum absolute atomic E-state index is 0.196. The van der Waals surface area contributed by atoms with Gasteiger partial charge in [0, 0.05) is 25.8 Å². The molecule has 6 heteroatoms. The summed E-state index contributed by atoms with van der Waals surface area (Å²) in [6.07, 6.45) is 0.737. The second-order valence-electron chi connectivity index (χ2n) is 6.89. The minimum atomic E-state index is -0.196. The van der Waals surface area contributed by atoms with Crippen LogP contribution in [0.15, 0.2) is 60.7 Å². The number of amides is 1. The summed E-state index contributed by atoms with van der Waals surface area (Å²) in [6, 6.07) is 19.6. The van der Waals surface area contributed by atoms with Gasteiger partial charge in [-0.1, -0.05) is 42.5 Å². The molecule has 3 aromatic rings. The first-order chi connectivity index (χ1) is 14.0. The van der Waals surface area contributed by atoms with E-state index in [9.17, 15) is 4.79 Å². The van der Waals surface area contributed by atoms with Crippen LogP contribution >= 0.6 is 0 Å². The monoisotopic (exact) mass is 390 g/mol. The van der Waals surface area contributed by atoms with Gasteiger partial charge in [0.15, 0.2) is 0 Å². The highest BCUT2D eigenvalue weighted by atomic mass is 16.5. The molecule has 0 aliphatic carbocycles. The van der Waals surface area contributed by atoms with Crippen LogP contribution in [-0.2, 0) is 13.0 Å². The highest BCUT2D eigenvalue weighted by Gasteiger charge is 2.13. The van der Waals surface area contributed by atoms with E-state index in [1.807, 2.05) is 61.3 Å². The highest BCUT2D eigenvalue weighted by molar-refractivity contribution is 5.92. The molecule has 0 bridgehead atoms. The molecule has 1 aromatic heterocycles. The van der Waals surface area contributed by atoms with Crippen molar-refractivity contribution in [2.24, 2.45) is 0 Å². The SMILES string of the molecule is COc1ccc(CCNC(=O)c2cc(C)nc(N(C)Cc3ccccc3)n2)cc1. The van der Waals surface area contributed by atoms with Crippen LogP contribution in [0.3, 0.4) is 0 Å². The first-order valence-corrected chi connectivity index (χ1v) is 9.57. The molecule has 0 radical (unpaired) electrons. The molecule has 1 amide bonds. The molecule has 1 N–H and O–H groups in total. The van der Waals surface area contributed by atoms with Crippen LogP contribution in [0, 0.1) is 6.92 Å². The first-order valence-electron chi connectivity index (χ1n) is 9.57. The van der Waals surface area contributed by atoms with Gasteiger partial charge < -0.3 is 15.0 Å². The Balaban J connectivity index is 1.61. The molecule has 0 saturated heterocycles. The van der Waals surface area contributed by atoms with Crippen LogP contribution in [0.4, 0.5) is 5.95 Å². The Hall–Kier alpha value is -3.41. The fourth-order valence-corrected chi connectivity index (χ4v) is 2.97. The van der Waals surface area contributed by atoms with E-state index in [1.54, 1.807) is 13.2 Å². The molecular formula is C23H26N4O2. The number of carbonyl (C=O) groups excluding carboxylic acids is 1.